The van der Waals surface area contributed by atoms with Crippen molar-refractivity contribution >= 4 is 11.7 Å². The molecule has 0 aromatic heterocycles. The molecule has 0 bridgehead atoms. The van der Waals surface area contributed by atoms with Gasteiger partial charge in [0, 0.05) is 30.6 Å². The Bertz CT molecular complexity index is 592. The van der Waals surface area contributed by atoms with Crippen LogP contribution in [-0.2, 0) is 4.79 Å². The topological polar surface area (TPSA) is 40.6 Å². The van der Waals surface area contributed by atoms with E-state index in [1.165, 1.54) is 0 Å². The second kappa shape index (κ2) is 8.61. The van der Waals surface area contributed by atoms with Gasteiger partial charge in [-0.15, -0.1) is 0 Å². The molecular formula is C21H32N2O2. The zero-order valence-electron chi connectivity index (χ0n) is 16.3. The van der Waals surface area contributed by atoms with Crippen molar-refractivity contribution in [2.45, 2.75) is 52.0 Å². The van der Waals surface area contributed by atoms with Crippen molar-refractivity contribution in [3.8, 4) is 0 Å². The average molecular weight is 344 g/mol. The molecule has 1 aromatic carbocycles. The third-order valence-corrected chi connectivity index (χ3v) is 5.33. The largest absolute Gasteiger partial charge is 0.342 e. The number of hydrogen-bond acceptors (Lipinski definition) is 3. The summed E-state index contributed by atoms with van der Waals surface area (Å²) in [7, 11) is 4.23. The Balaban J connectivity index is 2.03. The van der Waals surface area contributed by atoms with Crippen LogP contribution in [-0.4, -0.2) is 54.7 Å². The van der Waals surface area contributed by atoms with Crippen molar-refractivity contribution in [3.05, 3.63) is 35.4 Å². The van der Waals surface area contributed by atoms with E-state index in [0.29, 0.717) is 6.04 Å². The first kappa shape index (κ1) is 19.6. The van der Waals surface area contributed by atoms with Gasteiger partial charge < -0.3 is 9.80 Å². The molecule has 4 heteroatoms. The number of carbonyl (C=O) groups is 2. The zero-order valence-corrected chi connectivity index (χ0v) is 16.3. The van der Waals surface area contributed by atoms with E-state index in [0.717, 1.165) is 43.5 Å². The number of Topliss-reactive ketones (excluding diaryl/α,β-unsaturated/α-hetero) is 1. The Hall–Kier alpha value is -1.68. The van der Waals surface area contributed by atoms with Crippen molar-refractivity contribution in [3.63, 3.8) is 0 Å². The molecule has 1 amide bonds. The Labute approximate surface area is 152 Å². The van der Waals surface area contributed by atoms with Gasteiger partial charge in [-0.2, -0.15) is 0 Å². The van der Waals surface area contributed by atoms with Crippen LogP contribution in [0.15, 0.2) is 24.3 Å². The monoisotopic (exact) mass is 344 g/mol. The Morgan fingerprint density at radius 1 is 1.04 bits per heavy atom. The van der Waals surface area contributed by atoms with Crippen LogP contribution in [0.25, 0.3) is 0 Å². The molecule has 138 valence electrons. The number of ketones is 1. The Morgan fingerprint density at radius 2 is 1.68 bits per heavy atom. The highest BCUT2D eigenvalue weighted by molar-refractivity contribution is 5.97. The second-order valence-corrected chi connectivity index (χ2v) is 7.74. The van der Waals surface area contributed by atoms with Gasteiger partial charge in [-0.3, -0.25) is 9.59 Å². The normalized spacial score (nSPS) is 19.8. The van der Waals surface area contributed by atoms with Gasteiger partial charge in [0.2, 0.25) is 5.91 Å². The van der Waals surface area contributed by atoms with Gasteiger partial charge in [-0.1, -0.05) is 38.1 Å². The first-order valence-electron chi connectivity index (χ1n) is 9.40. The molecule has 1 aliphatic rings. The van der Waals surface area contributed by atoms with Gasteiger partial charge in [0.1, 0.15) is 0 Å². The lowest BCUT2D eigenvalue weighted by molar-refractivity contribution is -0.132. The lowest BCUT2D eigenvalue weighted by atomic mass is 9.95. The number of benzene rings is 1. The predicted molar refractivity (Wildman–Crippen MR) is 102 cm³/mol. The first-order chi connectivity index (χ1) is 11.8. The second-order valence-electron chi connectivity index (χ2n) is 7.74. The standard InChI is InChI=1S/C21H32N2O2/c1-15(2)20(24)18-10-8-17(9-11-18)16(3)21(25)23-13-6-7-19(12-14-23)22(4)5/h8-11,15-16,19H,6-7,12-14H2,1-5H3/t16-,19+/m0/s1. The lowest BCUT2D eigenvalue weighted by Gasteiger charge is -2.25. The highest BCUT2D eigenvalue weighted by atomic mass is 16.2. The molecule has 4 nitrogen and oxygen atoms in total. The maximum Gasteiger partial charge on any atom is 0.229 e. The SMILES string of the molecule is CC(C)C(=O)c1ccc([C@H](C)C(=O)N2CCC[C@@H](N(C)C)CC2)cc1. The maximum atomic E-state index is 12.9. The highest BCUT2D eigenvalue weighted by Crippen LogP contribution is 2.22. The minimum atomic E-state index is -0.167. The number of amides is 1. The molecule has 0 radical (unpaired) electrons. The molecule has 1 saturated heterocycles. The van der Waals surface area contributed by atoms with Crippen LogP contribution in [0.3, 0.4) is 0 Å². The van der Waals surface area contributed by atoms with Gasteiger partial charge in [0.25, 0.3) is 0 Å². The van der Waals surface area contributed by atoms with Gasteiger partial charge in [-0.05, 0) is 45.8 Å². The summed E-state index contributed by atoms with van der Waals surface area (Å²) in [6.45, 7) is 7.45. The van der Waals surface area contributed by atoms with Crippen molar-refractivity contribution in [1.82, 2.24) is 9.80 Å². The van der Waals surface area contributed by atoms with E-state index in [1.807, 2.05) is 49.9 Å². The van der Waals surface area contributed by atoms with Gasteiger partial charge >= 0.3 is 0 Å². The van der Waals surface area contributed by atoms with Crippen LogP contribution in [0.4, 0.5) is 0 Å². The molecule has 2 atom stereocenters. The van der Waals surface area contributed by atoms with E-state index >= 15 is 0 Å². The van der Waals surface area contributed by atoms with E-state index in [9.17, 15) is 9.59 Å². The Morgan fingerprint density at radius 3 is 2.24 bits per heavy atom. The molecule has 0 aliphatic carbocycles. The predicted octanol–water partition coefficient (Wildman–Crippen LogP) is 3.57. The summed E-state index contributed by atoms with van der Waals surface area (Å²) in [5.74, 6) is 0.167. The van der Waals surface area contributed by atoms with Crippen molar-refractivity contribution in [2.75, 3.05) is 27.2 Å². The van der Waals surface area contributed by atoms with Gasteiger partial charge in [0.05, 0.1) is 5.92 Å². The molecule has 25 heavy (non-hydrogen) atoms. The fraction of sp³-hybridized carbons (Fsp3) is 0.619. The van der Waals surface area contributed by atoms with Crippen LogP contribution >= 0.6 is 0 Å². The summed E-state index contributed by atoms with van der Waals surface area (Å²) in [6.07, 6.45) is 3.24. The number of carbonyl (C=O) groups excluding carboxylic acids is 2. The van der Waals surface area contributed by atoms with E-state index in [1.54, 1.807) is 0 Å². The third kappa shape index (κ3) is 4.91. The number of hydrogen-bond donors (Lipinski definition) is 0. The fourth-order valence-corrected chi connectivity index (χ4v) is 3.50. The molecule has 0 saturated carbocycles. The molecule has 0 N–H and O–H groups in total. The zero-order chi connectivity index (χ0) is 18.6. The molecule has 1 aromatic rings. The van der Waals surface area contributed by atoms with Crippen LogP contribution in [0.5, 0.6) is 0 Å². The van der Waals surface area contributed by atoms with E-state index < -0.39 is 0 Å². The minimum Gasteiger partial charge on any atom is -0.342 e. The summed E-state index contributed by atoms with van der Waals surface area (Å²) >= 11 is 0. The minimum absolute atomic E-state index is 0.00773. The first-order valence-corrected chi connectivity index (χ1v) is 9.40. The van der Waals surface area contributed by atoms with E-state index in [-0.39, 0.29) is 23.5 Å². The maximum absolute atomic E-state index is 12.9. The summed E-state index contributed by atoms with van der Waals surface area (Å²) in [4.78, 5) is 29.2. The van der Waals surface area contributed by atoms with E-state index in [2.05, 4.69) is 19.0 Å². The summed E-state index contributed by atoms with van der Waals surface area (Å²) in [5.41, 5.74) is 1.71. The van der Waals surface area contributed by atoms with E-state index in [4.69, 9.17) is 0 Å². The van der Waals surface area contributed by atoms with Crippen LogP contribution in [0.2, 0.25) is 0 Å². The molecule has 0 unspecified atom stereocenters. The molecule has 2 rings (SSSR count). The smallest absolute Gasteiger partial charge is 0.229 e. The number of rotatable bonds is 5. The van der Waals surface area contributed by atoms with Crippen LogP contribution < -0.4 is 0 Å². The average Bonchev–Trinajstić information content (AvgIpc) is 2.86. The molecule has 1 heterocycles. The summed E-state index contributed by atoms with van der Waals surface area (Å²) < 4.78 is 0. The fourth-order valence-electron chi connectivity index (χ4n) is 3.50. The van der Waals surface area contributed by atoms with Crippen molar-refractivity contribution < 1.29 is 9.59 Å². The van der Waals surface area contributed by atoms with Crippen molar-refractivity contribution in [1.29, 1.82) is 0 Å². The van der Waals surface area contributed by atoms with Crippen LogP contribution in [0, 0.1) is 5.92 Å². The van der Waals surface area contributed by atoms with Crippen LogP contribution in [0.1, 0.15) is 61.9 Å². The molecule has 0 spiro atoms. The highest BCUT2D eigenvalue weighted by Gasteiger charge is 2.26. The number of nitrogens with zero attached hydrogens (tertiary/aromatic N) is 2. The molecule has 1 aliphatic heterocycles. The summed E-state index contributed by atoms with van der Waals surface area (Å²) in [5, 5.41) is 0. The summed E-state index contributed by atoms with van der Waals surface area (Å²) in [6, 6.07) is 8.13. The molecular weight excluding hydrogens is 312 g/mol. The molecule has 1 fully saturated rings. The van der Waals surface area contributed by atoms with Crippen molar-refractivity contribution in [2.24, 2.45) is 5.92 Å². The number of likely N-dealkylation sites (tertiary alicyclic amines) is 1. The quantitative estimate of drug-likeness (QED) is 0.767. The lowest BCUT2D eigenvalue weighted by Crippen LogP contribution is -2.36. The van der Waals surface area contributed by atoms with Gasteiger partial charge in [0.15, 0.2) is 5.78 Å². The third-order valence-electron chi connectivity index (χ3n) is 5.33. The van der Waals surface area contributed by atoms with Gasteiger partial charge in [-0.25, -0.2) is 0 Å². The Kier molecular flexibility index (Phi) is 6.77.